The minimum atomic E-state index is -1.76. The van der Waals surface area contributed by atoms with E-state index in [4.69, 9.17) is 17.8 Å². The zero-order chi connectivity index (χ0) is 10.6. The highest BCUT2D eigenvalue weighted by molar-refractivity contribution is 7.75. The molecule has 6 heteroatoms. The molecule has 5 nitrogen and oxygen atoms in total. The molecule has 0 aliphatic rings. The zero-order valence-electron chi connectivity index (χ0n) is 7.85. The van der Waals surface area contributed by atoms with Crippen LogP contribution in [0.25, 0.3) is 0 Å². The summed E-state index contributed by atoms with van der Waals surface area (Å²) in [5, 5.41) is 0. The monoisotopic (exact) mass is 222 g/mol. The second kappa shape index (κ2) is 10.2. The minimum Gasteiger partial charge on any atom is -0.499 e. The Morgan fingerprint density at radius 3 is 1.71 bits per heavy atom. The second-order valence-corrected chi connectivity index (χ2v) is 2.80. The van der Waals surface area contributed by atoms with Crippen molar-refractivity contribution in [3.63, 3.8) is 0 Å². The fraction of sp³-hybridized carbons (Fsp3) is 0.500. The third-order valence-corrected chi connectivity index (χ3v) is 1.72. The normalized spacial score (nSPS) is 9.79. The van der Waals surface area contributed by atoms with Crippen LogP contribution >= 0.6 is 0 Å². The van der Waals surface area contributed by atoms with Crippen LogP contribution in [-0.4, -0.2) is 30.6 Å². The summed E-state index contributed by atoms with van der Waals surface area (Å²) in [6.07, 6.45) is 2.57. The van der Waals surface area contributed by atoms with Gasteiger partial charge in [-0.3, -0.25) is 8.37 Å². The van der Waals surface area contributed by atoms with E-state index in [0.29, 0.717) is 13.2 Å². The maximum absolute atomic E-state index is 10.9. The van der Waals surface area contributed by atoms with Gasteiger partial charge in [-0.15, -0.1) is 0 Å². The van der Waals surface area contributed by atoms with E-state index in [9.17, 15) is 4.21 Å². The Morgan fingerprint density at radius 2 is 1.36 bits per heavy atom. The van der Waals surface area contributed by atoms with Gasteiger partial charge in [-0.25, -0.2) is 0 Å². The highest BCUT2D eigenvalue weighted by Crippen LogP contribution is 1.90. The molecular weight excluding hydrogens is 208 g/mol. The molecule has 0 saturated heterocycles. The molecule has 0 fully saturated rings. The third-order valence-electron chi connectivity index (χ3n) is 0.997. The van der Waals surface area contributed by atoms with E-state index in [2.05, 4.69) is 13.2 Å². The summed E-state index contributed by atoms with van der Waals surface area (Å²) in [5.74, 6) is 0. The quantitative estimate of drug-likeness (QED) is 0.406. The van der Waals surface area contributed by atoms with Crippen LogP contribution in [-0.2, 0) is 29.2 Å². The molecule has 0 aliphatic carbocycles. The van der Waals surface area contributed by atoms with Gasteiger partial charge in [0.25, 0.3) is 0 Å². The zero-order valence-corrected chi connectivity index (χ0v) is 8.66. The van der Waals surface area contributed by atoms with Crippen molar-refractivity contribution < 1.29 is 22.0 Å². The van der Waals surface area contributed by atoms with Gasteiger partial charge >= 0.3 is 11.4 Å². The lowest BCUT2D eigenvalue weighted by Crippen LogP contribution is -2.09. The maximum atomic E-state index is 10.9. The van der Waals surface area contributed by atoms with Crippen LogP contribution in [0, 0.1) is 0 Å². The van der Waals surface area contributed by atoms with Crippen molar-refractivity contribution in [2.75, 3.05) is 26.4 Å². The lowest BCUT2D eigenvalue weighted by Gasteiger charge is -2.03. The molecule has 0 aliphatic heterocycles. The van der Waals surface area contributed by atoms with Gasteiger partial charge < -0.3 is 9.47 Å². The molecule has 0 spiro atoms. The van der Waals surface area contributed by atoms with Gasteiger partial charge in [0.15, 0.2) is 0 Å². The molecule has 82 valence electrons. The van der Waals surface area contributed by atoms with Crippen molar-refractivity contribution in [1.82, 2.24) is 0 Å². The van der Waals surface area contributed by atoms with Gasteiger partial charge in [-0.2, -0.15) is 4.21 Å². The molecule has 0 aromatic carbocycles. The first-order valence-corrected chi connectivity index (χ1v) is 4.94. The van der Waals surface area contributed by atoms with Crippen LogP contribution in [0.2, 0.25) is 0 Å². The summed E-state index contributed by atoms with van der Waals surface area (Å²) in [7, 11) is 0. The van der Waals surface area contributed by atoms with Crippen LogP contribution < -0.4 is 0 Å². The SMILES string of the molecule is C=COCCOS(=O)OCCOC=C. The average molecular weight is 222 g/mol. The molecule has 0 radical (unpaired) electrons. The topological polar surface area (TPSA) is 54.0 Å². The molecule has 0 aromatic rings. The highest BCUT2D eigenvalue weighted by atomic mass is 32.2. The first-order valence-electron chi connectivity index (χ1n) is 3.94. The maximum Gasteiger partial charge on any atom is 0.304 e. The molecule has 0 heterocycles. The Balaban J connectivity index is 3.19. The lowest BCUT2D eigenvalue weighted by atomic mass is 10.8. The van der Waals surface area contributed by atoms with Crippen LogP contribution in [0.5, 0.6) is 0 Å². The number of hydrogen-bond acceptors (Lipinski definition) is 5. The van der Waals surface area contributed by atoms with E-state index in [0.717, 1.165) is 0 Å². The average Bonchev–Trinajstić information content (AvgIpc) is 2.19. The Bertz CT molecular complexity index is 165. The van der Waals surface area contributed by atoms with Gasteiger partial charge in [0.1, 0.15) is 26.4 Å². The Kier molecular flexibility index (Phi) is 9.61. The molecule has 14 heavy (non-hydrogen) atoms. The van der Waals surface area contributed by atoms with Crippen molar-refractivity contribution in [3.05, 3.63) is 25.7 Å². The van der Waals surface area contributed by atoms with Gasteiger partial charge in [0.05, 0.1) is 12.5 Å². The molecule has 0 atom stereocenters. The molecule has 0 rings (SSSR count). The van der Waals surface area contributed by atoms with Gasteiger partial charge in [0.2, 0.25) is 0 Å². The number of rotatable bonds is 10. The largest absolute Gasteiger partial charge is 0.499 e. The van der Waals surface area contributed by atoms with E-state index in [1.807, 2.05) is 0 Å². The molecule has 0 amide bonds. The molecule has 0 saturated carbocycles. The number of hydrogen-bond donors (Lipinski definition) is 0. The van der Waals surface area contributed by atoms with Gasteiger partial charge in [-0.1, -0.05) is 13.2 Å². The van der Waals surface area contributed by atoms with Gasteiger partial charge in [0, 0.05) is 0 Å². The van der Waals surface area contributed by atoms with E-state index >= 15 is 0 Å². The standard InChI is InChI=1S/C8H14O5S/c1-3-10-5-7-12-14(9)13-8-6-11-4-2/h3-4H,1-2,5-8H2. The Labute approximate surface area is 86.2 Å². The summed E-state index contributed by atoms with van der Waals surface area (Å²) in [6, 6.07) is 0. The molecule has 0 unspecified atom stereocenters. The van der Waals surface area contributed by atoms with E-state index in [1.54, 1.807) is 0 Å². The summed E-state index contributed by atoms with van der Waals surface area (Å²) in [4.78, 5) is 0. The van der Waals surface area contributed by atoms with E-state index < -0.39 is 11.4 Å². The van der Waals surface area contributed by atoms with Crippen LogP contribution in [0.4, 0.5) is 0 Å². The first-order chi connectivity index (χ1) is 6.81. The fourth-order valence-corrected chi connectivity index (χ4v) is 0.977. The van der Waals surface area contributed by atoms with Crippen molar-refractivity contribution >= 4 is 11.4 Å². The lowest BCUT2D eigenvalue weighted by molar-refractivity contribution is 0.150. The van der Waals surface area contributed by atoms with Crippen molar-refractivity contribution in [2.45, 2.75) is 0 Å². The first kappa shape index (κ1) is 13.2. The van der Waals surface area contributed by atoms with Gasteiger partial charge in [-0.05, 0) is 0 Å². The minimum absolute atomic E-state index is 0.181. The fourth-order valence-electron chi connectivity index (χ4n) is 0.501. The van der Waals surface area contributed by atoms with Crippen molar-refractivity contribution in [3.8, 4) is 0 Å². The Hall–Kier alpha value is -0.850. The van der Waals surface area contributed by atoms with Crippen molar-refractivity contribution in [2.24, 2.45) is 0 Å². The van der Waals surface area contributed by atoms with Crippen LogP contribution in [0.1, 0.15) is 0 Å². The van der Waals surface area contributed by atoms with E-state index in [-0.39, 0.29) is 13.2 Å². The molecular formula is C8H14O5S. The predicted molar refractivity (Wildman–Crippen MR) is 52.3 cm³/mol. The summed E-state index contributed by atoms with van der Waals surface area (Å²) >= 11 is -1.76. The third kappa shape index (κ3) is 9.24. The smallest absolute Gasteiger partial charge is 0.304 e. The summed E-state index contributed by atoms with van der Waals surface area (Å²) in [6.45, 7) is 7.62. The molecule has 0 aromatic heterocycles. The highest BCUT2D eigenvalue weighted by Gasteiger charge is 1.99. The number of ether oxygens (including phenoxy) is 2. The van der Waals surface area contributed by atoms with Crippen LogP contribution in [0.3, 0.4) is 0 Å². The van der Waals surface area contributed by atoms with Crippen LogP contribution in [0.15, 0.2) is 25.7 Å². The molecule has 0 bridgehead atoms. The van der Waals surface area contributed by atoms with Crippen molar-refractivity contribution in [1.29, 1.82) is 0 Å². The summed E-state index contributed by atoms with van der Waals surface area (Å²) < 4.78 is 29.8. The second-order valence-electron chi connectivity index (χ2n) is 1.92. The molecule has 0 N–H and O–H groups in total. The van der Waals surface area contributed by atoms with E-state index in [1.165, 1.54) is 12.5 Å². The summed E-state index contributed by atoms with van der Waals surface area (Å²) in [5.41, 5.74) is 0. The Morgan fingerprint density at radius 1 is 0.929 bits per heavy atom. The predicted octanol–water partition coefficient (Wildman–Crippen LogP) is 0.918.